The zero-order valence-corrected chi connectivity index (χ0v) is 41.0. The summed E-state index contributed by atoms with van der Waals surface area (Å²) in [6.45, 7) is -2.15. The molecule has 0 saturated carbocycles. The molecule has 9 N–H and O–H groups in total. The lowest BCUT2D eigenvalue weighted by atomic mass is 10.2. The first-order valence-electron chi connectivity index (χ1n) is 26.1. The molecule has 67 heavy (non-hydrogen) atoms. The number of aliphatic hydroxyl groups excluding tert-OH is 6. The Morgan fingerprint density at radius 3 is 1.13 bits per heavy atom. The second-order valence-corrected chi connectivity index (χ2v) is 13.6. The number of aliphatic hydroxyl groups is 6. The largest absolute Gasteiger partial charge is 0.465 e. The first kappa shape index (κ1) is 45.4. The van der Waals surface area contributed by atoms with Crippen molar-refractivity contribution >= 4 is 69.4 Å². The normalized spacial score (nSPS) is 29.2. The van der Waals surface area contributed by atoms with E-state index in [1.807, 2.05) is 0 Å². The minimum Gasteiger partial charge on any atom is -0.465 e. The molecule has 4 saturated heterocycles. The molecule has 0 radical (unpaired) electrons. The number of aromatic nitrogens is 8. The number of thiocarbonyl (C=S) groups is 4. The molecule has 8 rings (SSSR count). The SMILES string of the molecule is S=C(n1ccnc1)n1ccnc1.S=C(n1ccnc1)n1ccnc1.[2H]C[C@H]1O[C@H]([3H])C[C@H]1O.[2H]C[C@H]1O[C@H]([3H])C[C@H]1O.[2H]C[C@H]1O[C@H]([3H])C[C@H]1OC(=S)NC.[2H]C[C@H]1O[C@H]([3H])C[C@H]1OC(N)=S.[3H]OC.[3H]OC.[3H]OC.[3H]OC. The maximum Gasteiger partial charge on any atom is 0.256 e. The van der Waals surface area contributed by atoms with Gasteiger partial charge in [0.1, 0.15) is 37.5 Å². The van der Waals surface area contributed by atoms with Crippen LogP contribution in [-0.2, 0) is 28.4 Å². The minimum atomic E-state index is -0.615. The summed E-state index contributed by atoms with van der Waals surface area (Å²) in [6, 6.07) is 0. The highest BCUT2D eigenvalue weighted by molar-refractivity contribution is 7.80. The Labute approximate surface area is 432 Å². The average Bonchev–Trinajstić information content (AvgIpc) is 4.27. The molecule has 0 unspecified atom stereocenters. The number of nitrogens with zero attached hydrogens (tertiary/aromatic N) is 8. The second-order valence-electron chi connectivity index (χ2n) is 12.1. The number of imidazole rings is 4. The third kappa shape index (κ3) is 27.6. The van der Waals surface area contributed by atoms with Gasteiger partial charge in [-0.3, -0.25) is 18.3 Å². The van der Waals surface area contributed by atoms with Crippen molar-refractivity contribution in [3.63, 3.8) is 0 Å². The Kier molecular flexibility index (Phi) is 27.8. The van der Waals surface area contributed by atoms with Crippen LogP contribution in [0.3, 0.4) is 0 Å². The van der Waals surface area contributed by atoms with Gasteiger partial charge in [-0.05, 0) is 89.3 Å². The standard InChI is InChI=1S/2C7H6N4S.C7H13NO2S.C6H11NO2S.2C5H10O2.4CH4O/c2*12-7(10-3-1-8-5-10)11-4-2-9-6-11;1-5-6(3-4-9-5)10-7(11)8-2;1-4-5(2-3-8-4)9-6(7)10;2*1-4-5(6)2-3-7-4;4*1-2/h2*1-6H;5-6H,3-4H2,1-2H3,(H,8,11);4-5H,2-3H2,1H3,(H2,7,10);2*4-6H,2-3H2,1H3;4*2H,1H3/t;;5-,6-;3*4-,5-;;;;/m..1111..../s1/i;;1D,4T;3*1D,3T;4*2T/t;;4-,5-,6-;3*3-,4-,5-;;;;. The van der Waals surface area contributed by atoms with E-state index in [0.717, 1.165) is 0 Å². The highest BCUT2D eigenvalue weighted by atomic mass is 32.1. The van der Waals surface area contributed by atoms with Crippen LogP contribution in [0.4, 0.5) is 0 Å². The maximum atomic E-state index is 8.99. The van der Waals surface area contributed by atoms with Crippen molar-refractivity contribution in [2.24, 2.45) is 5.73 Å². The van der Waals surface area contributed by atoms with Gasteiger partial charge in [0.2, 0.25) is 5.72 Å². The van der Waals surface area contributed by atoms with Crippen LogP contribution >= 0.6 is 48.9 Å². The van der Waals surface area contributed by atoms with Gasteiger partial charge in [0.25, 0.3) is 10.3 Å². The monoisotopic (exact) mass is 1040 g/mol. The van der Waals surface area contributed by atoms with Gasteiger partial charge >= 0.3 is 0 Å². The molecule has 8 heterocycles. The van der Waals surface area contributed by atoms with E-state index >= 15 is 0 Å². The van der Waals surface area contributed by atoms with E-state index in [-0.39, 0.29) is 57.2 Å². The van der Waals surface area contributed by atoms with Gasteiger partial charge in [-0.25, -0.2) is 19.9 Å². The molecule has 4 fully saturated rings. The minimum absolute atomic E-state index is 0.0452. The van der Waals surface area contributed by atoms with Gasteiger partial charge in [-0.1, -0.05) is 0 Å². The molecule has 22 nitrogen and oxygen atoms in total. The van der Waals surface area contributed by atoms with Crippen LogP contribution in [0.1, 0.15) is 64.2 Å². The fourth-order valence-electron chi connectivity index (χ4n) is 4.42. The summed E-state index contributed by atoms with van der Waals surface area (Å²) in [5.41, 5.74) is 5.17. The number of rotatable bonds is 2. The summed E-state index contributed by atoms with van der Waals surface area (Å²) >= 11 is 19.6. The molecular formula is C41H72N10O12S4. The van der Waals surface area contributed by atoms with E-state index in [1.165, 1.54) is 28.4 Å². The first-order valence-corrected chi connectivity index (χ1v) is 21.0. The molecule has 0 bridgehead atoms. The van der Waals surface area contributed by atoms with Crippen LogP contribution in [0.5, 0.6) is 0 Å². The summed E-state index contributed by atoms with van der Waals surface area (Å²) in [5, 5.41) is 36.2. The zero-order chi connectivity index (χ0) is 60.3. The van der Waals surface area contributed by atoms with Crippen LogP contribution < -0.4 is 11.1 Å². The zero-order valence-electron chi connectivity index (χ0n) is 49.8. The summed E-state index contributed by atoms with van der Waals surface area (Å²) in [4.78, 5) is 15.6. The van der Waals surface area contributed by atoms with E-state index in [4.69, 9.17) is 97.7 Å². The van der Waals surface area contributed by atoms with Crippen molar-refractivity contribution in [3.8, 4) is 0 Å². The van der Waals surface area contributed by atoms with Gasteiger partial charge in [0.05, 0.1) is 55.3 Å². The summed E-state index contributed by atoms with van der Waals surface area (Å²) in [5.74, 6) is 0. The predicted molar refractivity (Wildman–Crippen MR) is 269 cm³/mol. The molecule has 4 aliphatic heterocycles. The summed E-state index contributed by atoms with van der Waals surface area (Å²) in [7, 11) is 6.84. The Bertz CT molecular complexity index is 1910. The number of hydrogen-bond acceptors (Lipinski definition) is 20. The molecule has 4 aliphatic rings. The smallest absolute Gasteiger partial charge is 0.256 e. The van der Waals surface area contributed by atoms with Crippen LogP contribution in [0.25, 0.3) is 0 Å². The van der Waals surface area contributed by atoms with Gasteiger partial charge in [-0.2, -0.15) is 0 Å². The third-order valence-corrected chi connectivity index (χ3v) is 8.98. The van der Waals surface area contributed by atoms with Gasteiger partial charge in [-0.15, -0.1) is 0 Å². The molecule has 12 atom stereocenters. The van der Waals surface area contributed by atoms with Gasteiger partial charge in [0.15, 0.2) is 10.2 Å². The van der Waals surface area contributed by atoms with Crippen LogP contribution in [-0.4, -0.2) is 206 Å². The van der Waals surface area contributed by atoms with Crippen molar-refractivity contribution in [1.82, 2.24) is 43.5 Å². The van der Waals surface area contributed by atoms with E-state index in [0.29, 0.717) is 41.1 Å². The topological polar surface area (TPSA) is 286 Å². The Morgan fingerprint density at radius 1 is 0.612 bits per heavy atom. The quantitative estimate of drug-likeness (QED) is 0.132. The van der Waals surface area contributed by atoms with E-state index in [9.17, 15) is 0 Å². The molecule has 26 heteroatoms. The fraction of sp³-hybridized carbons (Fsp3) is 0.610. The summed E-state index contributed by atoms with van der Waals surface area (Å²) in [6.07, 6.45) is 18.9. The lowest BCUT2D eigenvalue weighted by Gasteiger charge is -2.16. The molecule has 382 valence electrons. The molecular weight excluding hydrogens is 953 g/mol. The highest BCUT2D eigenvalue weighted by Gasteiger charge is 2.27. The van der Waals surface area contributed by atoms with E-state index in [1.54, 1.807) is 100 Å². The van der Waals surface area contributed by atoms with Crippen molar-refractivity contribution in [2.75, 3.05) is 61.8 Å². The van der Waals surface area contributed by atoms with E-state index < -0.39 is 50.7 Å². The molecule has 0 aliphatic carbocycles. The first-order chi connectivity index (χ1) is 37.7. The lowest BCUT2D eigenvalue weighted by Crippen LogP contribution is -2.29. The van der Waals surface area contributed by atoms with Crippen LogP contribution in [0.15, 0.2) is 74.9 Å². The second kappa shape index (κ2) is 41.0. The van der Waals surface area contributed by atoms with Gasteiger partial charge in [0, 0.05) is 117 Å². The van der Waals surface area contributed by atoms with Gasteiger partial charge < -0.3 is 70.1 Å². The Morgan fingerprint density at radius 2 is 0.910 bits per heavy atom. The molecule has 0 amide bonds. The number of hydrogen-bond donors (Lipinski definition) is 8. The number of nitrogens with one attached hydrogen (secondary N) is 1. The molecule has 0 aromatic carbocycles. The number of ether oxygens (including phenoxy) is 6. The highest BCUT2D eigenvalue weighted by Crippen LogP contribution is 2.17. The van der Waals surface area contributed by atoms with Crippen LogP contribution in [0.2, 0.25) is 0 Å². The maximum absolute atomic E-state index is 8.99. The Hall–Kier alpha value is -4.00. The number of nitrogens with two attached hydrogens (primary N) is 1. The lowest BCUT2D eigenvalue weighted by molar-refractivity contribution is 0.0556. The molecule has 4 aromatic heterocycles. The molecule has 4 aromatic rings. The summed E-state index contributed by atoms with van der Waals surface area (Å²) < 4.78 is 117. The van der Waals surface area contributed by atoms with Crippen LogP contribution in [0, 0.1) is 0 Å². The molecule has 0 spiro atoms. The predicted octanol–water partition coefficient (Wildman–Crippen LogP) is 1.38. The Balaban J connectivity index is 0. The van der Waals surface area contributed by atoms with Crippen molar-refractivity contribution in [1.29, 1.82) is 5.72 Å². The van der Waals surface area contributed by atoms with Crippen molar-refractivity contribution in [3.05, 3.63) is 74.9 Å². The van der Waals surface area contributed by atoms with Crippen molar-refractivity contribution in [2.45, 2.75) is 102 Å². The fourth-order valence-corrected chi connectivity index (χ4v) is 5.10. The third-order valence-electron chi connectivity index (χ3n) is 7.74. The van der Waals surface area contributed by atoms with Crippen molar-refractivity contribution < 1.29 is 70.0 Å². The van der Waals surface area contributed by atoms with E-state index in [2.05, 4.69) is 57.9 Å². The average molecular weight is 1050 g/mol.